The molecule has 5 amide bonds. The summed E-state index contributed by atoms with van der Waals surface area (Å²) in [4.78, 5) is 66.9. The third-order valence-corrected chi connectivity index (χ3v) is 13.9. The average Bonchev–Trinajstić information content (AvgIpc) is 3.57. The number of piperidine rings is 1. The Kier molecular flexibility index (Phi) is 10.1. The number of imidazole rings is 1. The number of aromatic nitrogens is 4. The van der Waals surface area contributed by atoms with Crippen molar-refractivity contribution in [3.63, 3.8) is 0 Å². The lowest BCUT2D eigenvalue weighted by Gasteiger charge is -2.57. The average molecular weight is 896 g/mol. The summed E-state index contributed by atoms with van der Waals surface area (Å²) in [6.07, 6.45) is 3.44. The van der Waals surface area contributed by atoms with Gasteiger partial charge in [0.2, 0.25) is 5.91 Å². The van der Waals surface area contributed by atoms with Gasteiger partial charge in [-0.2, -0.15) is 0 Å². The van der Waals surface area contributed by atoms with Gasteiger partial charge in [0.05, 0.1) is 46.3 Å². The lowest BCUT2D eigenvalue weighted by Crippen LogP contribution is -2.70. The van der Waals surface area contributed by atoms with Crippen molar-refractivity contribution in [1.82, 2.24) is 40.0 Å². The number of carbonyl (C=O) groups excluding carboxylic acids is 4. The monoisotopic (exact) mass is 895 g/mol. The Balaban J connectivity index is 0.808. The lowest BCUT2D eigenvalue weighted by atomic mass is 9.69. The Morgan fingerprint density at radius 2 is 1.73 bits per heavy atom. The molecular weight excluding hydrogens is 851 g/mol. The number of hydrogen-bond donors (Lipinski definition) is 3. The second-order valence-electron chi connectivity index (χ2n) is 17.6. The largest absolute Gasteiger partial charge is 0.385 e. The SMILES string of the molecule is CNc1cc(N2CCc3c(-c4cc(C)c(CN5CC6(CCN(C(=O)c7cc(C)c(Cl)c(N8CCC(=O)NC8=O)c7)CC6(F)F)C5)cn4)cccc32)nn2c(C(=O)NC3C[C@@H]3F)cnc12. The van der Waals surface area contributed by atoms with E-state index in [1.807, 2.05) is 48.4 Å². The van der Waals surface area contributed by atoms with Crippen LogP contribution in [0.4, 0.5) is 40.8 Å². The van der Waals surface area contributed by atoms with Crippen LogP contribution in [0.5, 0.6) is 0 Å². The van der Waals surface area contributed by atoms with Crippen molar-refractivity contribution in [3.8, 4) is 11.3 Å². The van der Waals surface area contributed by atoms with E-state index in [4.69, 9.17) is 21.7 Å². The van der Waals surface area contributed by atoms with Crippen molar-refractivity contribution in [3.05, 3.63) is 93.4 Å². The molecule has 3 N–H and O–H groups in total. The Morgan fingerprint density at radius 3 is 2.45 bits per heavy atom. The molecule has 10 rings (SSSR count). The molecule has 7 heterocycles. The molecule has 0 bridgehead atoms. The first-order valence-corrected chi connectivity index (χ1v) is 21.7. The van der Waals surface area contributed by atoms with Gasteiger partial charge in [0, 0.05) is 88.2 Å². The Morgan fingerprint density at radius 1 is 0.953 bits per heavy atom. The first kappa shape index (κ1) is 41.7. The molecule has 332 valence electrons. The van der Waals surface area contributed by atoms with E-state index in [0.717, 1.165) is 33.6 Å². The summed E-state index contributed by atoms with van der Waals surface area (Å²) in [6.45, 7) is 4.62. The van der Waals surface area contributed by atoms with Gasteiger partial charge in [-0.1, -0.05) is 23.7 Å². The highest BCUT2D eigenvalue weighted by molar-refractivity contribution is 6.35. The van der Waals surface area contributed by atoms with Crippen molar-refractivity contribution < 1.29 is 32.3 Å². The topological polar surface area (TPSA) is 160 Å². The van der Waals surface area contributed by atoms with Gasteiger partial charge in [0.1, 0.15) is 6.17 Å². The molecule has 15 nitrogen and oxygen atoms in total. The van der Waals surface area contributed by atoms with Gasteiger partial charge in [-0.15, -0.1) is 5.10 Å². The minimum atomic E-state index is -3.14. The number of alkyl halides is 3. The van der Waals surface area contributed by atoms with Crippen LogP contribution in [-0.2, 0) is 17.8 Å². The van der Waals surface area contributed by atoms with E-state index in [0.29, 0.717) is 48.6 Å². The molecule has 2 atom stereocenters. The fraction of sp³-hybridized carbons (Fsp3) is 0.400. The third kappa shape index (κ3) is 7.06. The van der Waals surface area contributed by atoms with Gasteiger partial charge in [-0.25, -0.2) is 27.5 Å². The summed E-state index contributed by atoms with van der Waals surface area (Å²) >= 11 is 6.52. The fourth-order valence-electron chi connectivity index (χ4n) is 9.58. The number of benzene rings is 2. The smallest absolute Gasteiger partial charge is 0.328 e. The normalized spacial score (nSPS) is 21.2. The van der Waals surface area contributed by atoms with Gasteiger partial charge in [-0.05, 0) is 73.2 Å². The van der Waals surface area contributed by atoms with E-state index in [2.05, 4.69) is 25.8 Å². The maximum absolute atomic E-state index is 16.1. The van der Waals surface area contributed by atoms with Crippen molar-refractivity contribution in [2.75, 3.05) is 61.4 Å². The van der Waals surface area contributed by atoms with Crippen LogP contribution >= 0.6 is 11.6 Å². The molecule has 19 heteroatoms. The predicted molar refractivity (Wildman–Crippen MR) is 233 cm³/mol. The first-order valence-electron chi connectivity index (χ1n) is 21.3. The van der Waals surface area contributed by atoms with E-state index >= 15 is 8.78 Å². The zero-order chi connectivity index (χ0) is 44.8. The number of urea groups is 1. The zero-order valence-electron chi connectivity index (χ0n) is 35.4. The van der Waals surface area contributed by atoms with Gasteiger partial charge in [0.25, 0.3) is 17.7 Å². The number of imide groups is 1. The molecule has 5 aliphatic rings. The van der Waals surface area contributed by atoms with Crippen molar-refractivity contribution in [2.24, 2.45) is 5.41 Å². The number of anilines is 4. The number of hydrogen-bond acceptors (Lipinski definition) is 10. The number of rotatable bonds is 9. The number of carbonyl (C=O) groups is 4. The molecule has 3 saturated heterocycles. The van der Waals surface area contributed by atoms with E-state index in [-0.39, 0.29) is 61.0 Å². The highest BCUT2D eigenvalue weighted by Gasteiger charge is 2.63. The predicted octanol–water partition coefficient (Wildman–Crippen LogP) is 6.07. The molecule has 2 aromatic carbocycles. The molecule has 1 saturated carbocycles. The number of pyridine rings is 1. The maximum Gasteiger partial charge on any atom is 0.328 e. The van der Waals surface area contributed by atoms with Crippen LogP contribution in [0, 0.1) is 19.3 Å². The van der Waals surface area contributed by atoms with Crippen LogP contribution in [-0.4, -0.2) is 118 Å². The second-order valence-corrected chi connectivity index (χ2v) is 17.9. The molecule has 5 aromatic rings. The third-order valence-electron chi connectivity index (χ3n) is 13.4. The molecule has 3 aromatic heterocycles. The number of nitrogens with zero attached hydrogens (tertiary/aromatic N) is 8. The quantitative estimate of drug-likeness (QED) is 0.159. The van der Waals surface area contributed by atoms with Crippen molar-refractivity contribution in [1.29, 1.82) is 0 Å². The Labute approximate surface area is 370 Å². The molecule has 64 heavy (non-hydrogen) atoms. The molecule has 1 aliphatic carbocycles. The van der Waals surface area contributed by atoms with Crippen molar-refractivity contribution >= 4 is 63.9 Å². The molecular formula is C45H45ClF3N11O4. The van der Waals surface area contributed by atoms with Gasteiger partial charge in [-0.3, -0.25) is 34.5 Å². The summed E-state index contributed by atoms with van der Waals surface area (Å²) in [5.41, 5.74) is 6.74. The van der Waals surface area contributed by atoms with Crippen LogP contribution in [0.2, 0.25) is 5.02 Å². The number of fused-ring (bicyclic) bond motifs is 2. The van der Waals surface area contributed by atoms with Crippen LogP contribution in [0.25, 0.3) is 16.9 Å². The van der Waals surface area contributed by atoms with E-state index in [1.54, 1.807) is 14.0 Å². The molecule has 1 unspecified atom stereocenters. The second kappa shape index (κ2) is 15.5. The highest BCUT2D eigenvalue weighted by atomic mass is 35.5. The Bertz CT molecular complexity index is 2800. The number of nitrogens with one attached hydrogen (secondary N) is 3. The van der Waals surface area contributed by atoms with Gasteiger partial charge < -0.3 is 20.4 Å². The maximum atomic E-state index is 16.1. The van der Waals surface area contributed by atoms with Crippen LogP contribution in [0.1, 0.15) is 62.4 Å². The molecule has 4 aliphatic heterocycles. The number of halogens is 4. The van der Waals surface area contributed by atoms with Gasteiger partial charge >= 0.3 is 6.03 Å². The lowest BCUT2D eigenvalue weighted by molar-refractivity contribution is -0.220. The summed E-state index contributed by atoms with van der Waals surface area (Å²) in [7, 11) is 1.77. The number of amides is 5. The minimum absolute atomic E-state index is 0.0645. The summed E-state index contributed by atoms with van der Waals surface area (Å²) < 4.78 is 47.3. The molecule has 4 fully saturated rings. The van der Waals surface area contributed by atoms with E-state index in [1.165, 1.54) is 32.6 Å². The molecule has 1 spiro atoms. The Hall–Kier alpha value is -6.27. The minimum Gasteiger partial charge on any atom is -0.385 e. The van der Waals surface area contributed by atoms with Gasteiger partial charge in [0.15, 0.2) is 17.2 Å². The number of likely N-dealkylation sites (tertiary alicyclic amines) is 2. The number of aryl methyl sites for hydroxylation is 2. The zero-order valence-corrected chi connectivity index (χ0v) is 36.1. The van der Waals surface area contributed by atoms with Crippen LogP contribution < -0.4 is 25.8 Å². The van der Waals surface area contributed by atoms with Crippen molar-refractivity contribution in [2.45, 2.75) is 64.2 Å². The highest BCUT2D eigenvalue weighted by Crippen LogP contribution is 2.51. The van der Waals surface area contributed by atoms with Crippen LogP contribution in [0.3, 0.4) is 0 Å². The standard InChI is InChI=1S/C45H45ClF3N11O4/c1-24-14-31(28-5-4-6-34-29(28)7-10-58(34)37-17-33(50-3)40-52-19-36(60(40)55-37)41(62)53-32-16-30(32)47)51-18-27(24)20-56-21-44(22-56)9-12-57(23-45(44,48)49)42(63)26-13-25(2)39(46)35(15-26)59-11-8-38(61)54-43(59)64/h4-6,13-15,17-19,30,32,50H,7-12,16,20-23H2,1-3H3,(H,53,62)(H,54,61,64)/t30-,32?/m0/s1. The van der Waals surface area contributed by atoms with E-state index in [9.17, 15) is 23.6 Å². The van der Waals surface area contributed by atoms with E-state index < -0.39 is 53.8 Å². The summed E-state index contributed by atoms with van der Waals surface area (Å²) in [5.74, 6) is -3.95. The fourth-order valence-corrected chi connectivity index (χ4v) is 9.79. The molecule has 0 radical (unpaired) electrons. The first-order chi connectivity index (χ1) is 30.6. The summed E-state index contributed by atoms with van der Waals surface area (Å²) in [6, 6.07) is 11.8. The summed E-state index contributed by atoms with van der Waals surface area (Å²) in [5, 5.41) is 13.2. The van der Waals surface area contributed by atoms with Crippen LogP contribution in [0.15, 0.2) is 54.9 Å².